The first kappa shape index (κ1) is 30.1. The number of benzene rings is 1. The number of hydrogen-bond acceptors (Lipinski definition) is 10. The van der Waals surface area contributed by atoms with Crippen LogP contribution in [-0.4, -0.2) is 121 Å². The first-order chi connectivity index (χ1) is 17.4. The highest BCUT2D eigenvalue weighted by atomic mass is 32.2. The summed E-state index contributed by atoms with van der Waals surface area (Å²) in [6, 6.07) is 5.05. The maximum absolute atomic E-state index is 12.5. The summed E-state index contributed by atoms with van der Waals surface area (Å²) in [5, 5.41) is 10.7. The SMILES string of the molecule is C#CCOCCOCCOCCOCCN1CCN(CCCS(=O)(=O)c2ccc([N+](=O)[O-])cc2)CC1. The zero-order chi connectivity index (χ0) is 26.1. The summed E-state index contributed by atoms with van der Waals surface area (Å²) in [7, 11) is -3.45. The topological polar surface area (TPSA) is 121 Å². The molecule has 11 nitrogen and oxygen atoms in total. The van der Waals surface area contributed by atoms with Crippen LogP contribution >= 0.6 is 0 Å². The van der Waals surface area contributed by atoms with E-state index in [4.69, 9.17) is 25.4 Å². The minimum atomic E-state index is -3.45. The zero-order valence-corrected chi connectivity index (χ0v) is 21.5. The summed E-state index contributed by atoms with van der Waals surface area (Å²) in [5.41, 5.74) is -0.119. The molecule has 1 aromatic carbocycles. The van der Waals surface area contributed by atoms with E-state index in [1.165, 1.54) is 24.3 Å². The number of nitrogens with zero attached hydrogens (tertiary/aromatic N) is 3. The Morgan fingerprint density at radius 3 is 1.86 bits per heavy atom. The van der Waals surface area contributed by atoms with Crippen molar-refractivity contribution in [3.05, 3.63) is 34.4 Å². The van der Waals surface area contributed by atoms with Crippen molar-refractivity contribution in [3.8, 4) is 12.3 Å². The average Bonchev–Trinajstić information content (AvgIpc) is 2.87. The van der Waals surface area contributed by atoms with Crippen LogP contribution in [0, 0.1) is 22.5 Å². The van der Waals surface area contributed by atoms with Crippen molar-refractivity contribution >= 4 is 15.5 Å². The Hall–Kier alpha value is -2.11. The molecule has 12 heteroatoms. The van der Waals surface area contributed by atoms with Gasteiger partial charge >= 0.3 is 0 Å². The van der Waals surface area contributed by atoms with Gasteiger partial charge in [-0.25, -0.2) is 8.42 Å². The summed E-state index contributed by atoms with van der Waals surface area (Å²) >= 11 is 0. The van der Waals surface area contributed by atoms with Crippen molar-refractivity contribution in [2.75, 3.05) is 97.9 Å². The highest BCUT2D eigenvalue weighted by molar-refractivity contribution is 7.91. The number of nitro groups is 1. The number of terminal acetylenes is 1. The molecule has 0 aliphatic carbocycles. The Balaban J connectivity index is 1.45. The second kappa shape index (κ2) is 17.4. The van der Waals surface area contributed by atoms with Crippen molar-refractivity contribution < 1.29 is 32.3 Å². The monoisotopic (exact) mass is 527 g/mol. The lowest BCUT2D eigenvalue weighted by atomic mass is 10.3. The first-order valence-corrected chi connectivity index (χ1v) is 13.7. The van der Waals surface area contributed by atoms with Gasteiger partial charge in [0.2, 0.25) is 0 Å². The number of non-ortho nitro benzene ring substituents is 1. The lowest BCUT2D eigenvalue weighted by molar-refractivity contribution is -0.384. The molecule has 0 unspecified atom stereocenters. The fourth-order valence-electron chi connectivity index (χ4n) is 3.59. The van der Waals surface area contributed by atoms with Gasteiger partial charge in [0, 0.05) is 44.9 Å². The van der Waals surface area contributed by atoms with Crippen LogP contribution in [0.25, 0.3) is 0 Å². The summed E-state index contributed by atoms with van der Waals surface area (Å²) < 4.78 is 46.5. The Labute approximate surface area is 213 Å². The molecule has 1 aliphatic rings. The van der Waals surface area contributed by atoms with Crippen LogP contribution in [-0.2, 0) is 28.8 Å². The molecule has 0 bridgehead atoms. The Morgan fingerprint density at radius 1 is 0.833 bits per heavy atom. The van der Waals surface area contributed by atoms with E-state index in [-0.39, 0.29) is 16.3 Å². The van der Waals surface area contributed by atoms with Crippen molar-refractivity contribution in [3.63, 3.8) is 0 Å². The van der Waals surface area contributed by atoms with Gasteiger partial charge in [0.05, 0.1) is 61.8 Å². The van der Waals surface area contributed by atoms with E-state index in [9.17, 15) is 18.5 Å². The molecule has 0 aromatic heterocycles. The Kier molecular flexibility index (Phi) is 14.5. The number of hydrogen-bond donors (Lipinski definition) is 0. The van der Waals surface area contributed by atoms with Gasteiger partial charge < -0.3 is 23.8 Å². The molecule has 0 spiro atoms. The minimum absolute atomic E-state index is 0.0218. The number of rotatable bonds is 19. The quantitative estimate of drug-likeness (QED) is 0.112. The number of nitro benzene ring substituents is 1. The molecule has 1 saturated heterocycles. The van der Waals surface area contributed by atoms with Crippen LogP contribution in [0.2, 0.25) is 0 Å². The lowest BCUT2D eigenvalue weighted by Crippen LogP contribution is -2.47. The molecule has 36 heavy (non-hydrogen) atoms. The predicted octanol–water partition coefficient (Wildman–Crippen LogP) is 1.08. The molecular formula is C24H37N3O8S. The summed E-state index contributed by atoms with van der Waals surface area (Å²) in [5.74, 6) is 2.41. The molecule has 0 radical (unpaired) electrons. The van der Waals surface area contributed by atoms with Crippen molar-refractivity contribution in [2.24, 2.45) is 0 Å². The van der Waals surface area contributed by atoms with Crippen molar-refractivity contribution in [2.45, 2.75) is 11.3 Å². The van der Waals surface area contributed by atoms with Gasteiger partial charge in [-0.2, -0.15) is 0 Å². The van der Waals surface area contributed by atoms with Crippen LogP contribution in [0.1, 0.15) is 6.42 Å². The van der Waals surface area contributed by atoms with Gasteiger partial charge in [-0.3, -0.25) is 15.0 Å². The second-order valence-electron chi connectivity index (χ2n) is 8.20. The van der Waals surface area contributed by atoms with E-state index < -0.39 is 14.8 Å². The van der Waals surface area contributed by atoms with Crippen LogP contribution < -0.4 is 0 Å². The zero-order valence-electron chi connectivity index (χ0n) is 20.7. The van der Waals surface area contributed by atoms with Gasteiger partial charge in [-0.05, 0) is 25.1 Å². The van der Waals surface area contributed by atoms with Crippen LogP contribution in [0.4, 0.5) is 5.69 Å². The number of ether oxygens (including phenoxy) is 4. The largest absolute Gasteiger partial charge is 0.378 e. The third kappa shape index (κ3) is 12.2. The van der Waals surface area contributed by atoms with Crippen LogP contribution in [0.5, 0.6) is 0 Å². The fraction of sp³-hybridized carbons (Fsp3) is 0.667. The van der Waals surface area contributed by atoms with E-state index in [0.29, 0.717) is 65.8 Å². The maximum Gasteiger partial charge on any atom is 0.269 e. The third-order valence-electron chi connectivity index (χ3n) is 5.61. The molecular weight excluding hydrogens is 490 g/mol. The van der Waals surface area contributed by atoms with Crippen molar-refractivity contribution in [1.82, 2.24) is 9.80 Å². The van der Waals surface area contributed by atoms with Gasteiger partial charge in [0.15, 0.2) is 9.84 Å². The predicted molar refractivity (Wildman–Crippen MR) is 135 cm³/mol. The molecule has 1 heterocycles. The lowest BCUT2D eigenvalue weighted by Gasteiger charge is -2.34. The van der Waals surface area contributed by atoms with E-state index in [1.54, 1.807) is 0 Å². The molecule has 1 fully saturated rings. The normalized spacial score (nSPS) is 15.1. The molecule has 0 amide bonds. The molecule has 0 saturated carbocycles. The fourth-order valence-corrected chi connectivity index (χ4v) is 4.89. The van der Waals surface area contributed by atoms with E-state index in [2.05, 4.69) is 15.7 Å². The standard InChI is InChI=1S/C24H37N3O8S/c1-2-14-32-16-18-34-20-21-35-19-17-33-15-13-26-11-9-25(10-12-26)8-3-22-36(30,31)24-6-4-23(5-7-24)27(28)29/h1,4-7H,3,8-22H2. The highest BCUT2D eigenvalue weighted by Crippen LogP contribution is 2.17. The number of piperazine rings is 1. The third-order valence-corrected chi connectivity index (χ3v) is 7.43. The summed E-state index contributed by atoms with van der Waals surface area (Å²) in [6.07, 6.45) is 5.60. The summed E-state index contributed by atoms with van der Waals surface area (Å²) in [6.45, 7) is 9.14. The molecule has 1 aromatic rings. The smallest absolute Gasteiger partial charge is 0.269 e. The van der Waals surface area contributed by atoms with E-state index in [1.807, 2.05) is 0 Å². The first-order valence-electron chi connectivity index (χ1n) is 12.1. The average molecular weight is 528 g/mol. The van der Waals surface area contributed by atoms with Crippen LogP contribution in [0.15, 0.2) is 29.2 Å². The summed E-state index contributed by atoms with van der Waals surface area (Å²) in [4.78, 5) is 14.9. The van der Waals surface area contributed by atoms with E-state index >= 15 is 0 Å². The molecule has 0 N–H and O–H groups in total. The van der Waals surface area contributed by atoms with Gasteiger partial charge in [0.25, 0.3) is 5.69 Å². The molecule has 1 aliphatic heterocycles. The van der Waals surface area contributed by atoms with Crippen molar-refractivity contribution in [1.29, 1.82) is 0 Å². The molecule has 202 valence electrons. The minimum Gasteiger partial charge on any atom is -0.378 e. The number of sulfone groups is 1. The molecule has 0 atom stereocenters. The van der Waals surface area contributed by atoms with Gasteiger partial charge in [0.1, 0.15) is 6.61 Å². The Morgan fingerprint density at radius 2 is 1.33 bits per heavy atom. The second-order valence-corrected chi connectivity index (χ2v) is 10.3. The van der Waals surface area contributed by atoms with Gasteiger partial charge in [-0.1, -0.05) is 5.92 Å². The molecule has 2 rings (SSSR count). The maximum atomic E-state index is 12.5. The van der Waals surface area contributed by atoms with Gasteiger partial charge in [-0.15, -0.1) is 6.42 Å². The van der Waals surface area contributed by atoms with Crippen LogP contribution in [0.3, 0.4) is 0 Å². The Bertz CT molecular complexity index is 897. The van der Waals surface area contributed by atoms with E-state index in [0.717, 1.165) is 32.7 Å². The highest BCUT2D eigenvalue weighted by Gasteiger charge is 2.19.